The minimum atomic E-state index is -0.373. The molecular formula is C35H53BrO4. The molecule has 2 aromatic rings. The molecule has 0 atom stereocenters. The monoisotopic (exact) mass is 616 g/mol. The molecule has 2 rings (SSSR count). The lowest BCUT2D eigenvalue weighted by atomic mass is 10.0. The quantitative estimate of drug-likeness (QED) is 0.0632. The molecule has 0 spiro atoms. The normalized spacial score (nSPS) is 10.9. The molecular weight excluding hydrogens is 564 g/mol. The average Bonchev–Trinajstić information content (AvgIpc) is 2.98. The summed E-state index contributed by atoms with van der Waals surface area (Å²) in [6.45, 7) is 3.74. The summed E-state index contributed by atoms with van der Waals surface area (Å²) in [6, 6.07) is 15.1. The zero-order valence-corrected chi connectivity index (χ0v) is 26.6. The van der Waals surface area contributed by atoms with Crippen LogP contribution in [0.15, 0.2) is 48.5 Å². The van der Waals surface area contributed by atoms with Gasteiger partial charge in [0.2, 0.25) is 0 Å². The first-order valence-corrected chi connectivity index (χ1v) is 17.0. The third kappa shape index (κ3) is 16.9. The molecule has 40 heavy (non-hydrogen) atoms. The molecule has 0 aliphatic heterocycles. The van der Waals surface area contributed by atoms with Gasteiger partial charge in [0.25, 0.3) is 0 Å². The van der Waals surface area contributed by atoms with E-state index in [1.165, 1.54) is 96.3 Å². The third-order valence-electron chi connectivity index (χ3n) is 7.14. The predicted octanol–water partition coefficient (Wildman–Crippen LogP) is 10.8. The molecule has 5 heteroatoms. The Labute approximate surface area is 252 Å². The highest BCUT2D eigenvalue weighted by Gasteiger charge is 2.12. The van der Waals surface area contributed by atoms with Gasteiger partial charge < -0.3 is 14.2 Å². The van der Waals surface area contributed by atoms with Gasteiger partial charge in [-0.2, -0.15) is 0 Å². The van der Waals surface area contributed by atoms with Crippen molar-refractivity contribution in [3.05, 3.63) is 59.7 Å². The first-order chi connectivity index (χ1) is 19.7. The second-order valence-corrected chi connectivity index (χ2v) is 11.6. The molecule has 0 saturated carbocycles. The molecule has 0 unspecified atom stereocenters. The number of ether oxygens (including phenoxy) is 3. The number of hydrogen-bond donors (Lipinski definition) is 0. The first kappa shape index (κ1) is 34.2. The van der Waals surface area contributed by atoms with E-state index >= 15 is 0 Å². The second-order valence-electron chi connectivity index (χ2n) is 10.8. The maximum absolute atomic E-state index is 12.7. The highest BCUT2D eigenvalue weighted by atomic mass is 79.9. The number of benzene rings is 2. The molecule has 0 N–H and O–H groups in total. The van der Waals surface area contributed by atoms with Crippen LogP contribution in [0.3, 0.4) is 0 Å². The van der Waals surface area contributed by atoms with E-state index in [9.17, 15) is 4.79 Å². The van der Waals surface area contributed by atoms with E-state index in [0.717, 1.165) is 23.7 Å². The number of unbranched alkanes of at least 4 members (excludes halogenated alkanes) is 15. The van der Waals surface area contributed by atoms with Gasteiger partial charge in [-0.05, 0) is 30.5 Å². The van der Waals surface area contributed by atoms with Crippen molar-refractivity contribution in [1.82, 2.24) is 0 Å². The minimum Gasteiger partial charge on any atom is -0.493 e. The first-order valence-electron chi connectivity index (χ1n) is 15.9. The van der Waals surface area contributed by atoms with Crippen molar-refractivity contribution in [1.29, 1.82) is 0 Å². The Morgan fingerprint density at radius 1 is 0.625 bits per heavy atom. The number of rotatable bonds is 25. The topological polar surface area (TPSA) is 44.8 Å². The van der Waals surface area contributed by atoms with Crippen LogP contribution in [0, 0.1) is 0 Å². The second kappa shape index (κ2) is 23.7. The van der Waals surface area contributed by atoms with Crippen LogP contribution in [0.1, 0.15) is 132 Å². The van der Waals surface area contributed by atoms with Crippen molar-refractivity contribution in [2.45, 2.75) is 123 Å². The number of halogens is 1. The molecule has 0 radical (unpaired) electrons. The third-order valence-corrected chi connectivity index (χ3v) is 7.70. The molecule has 2 aromatic carbocycles. The van der Waals surface area contributed by atoms with Gasteiger partial charge in [0.05, 0.1) is 18.8 Å². The molecule has 4 nitrogen and oxygen atoms in total. The lowest BCUT2D eigenvalue weighted by molar-refractivity contribution is 0.0471. The van der Waals surface area contributed by atoms with E-state index in [0.29, 0.717) is 30.3 Å². The fraction of sp³-hybridized carbons (Fsp3) is 0.629. The average molecular weight is 618 g/mol. The van der Waals surface area contributed by atoms with Crippen molar-refractivity contribution in [3.63, 3.8) is 0 Å². The molecule has 0 amide bonds. The zero-order chi connectivity index (χ0) is 28.5. The van der Waals surface area contributed by atoms with Crippen LogP contribution in [0.4, 0.5) is 0 Å². The Bertz CT molecular complexity index is 886. The van der Waals surface area contributed by atoms with Crippen molar-refractivity contribution in [3.8, 4) is 11.5 Å². The predicted molar refractivity (Wildman–Crippen MR) is 171 cm³/mol. The fourth-order valence-corrected chi connectivity index (χ4v) is 4.98. The van der Waals surface area contributed by atoms with Crippen LogP contribution < -0.4 is 9.47 Å². The molecule has 0 bridgehead atoms. The van der Waals surface area contributed by atoms with E-state index in [-0.39, 0.29) is 12.6 Å². The maximum Gasteiger partial charge on any atom is 0.338 e. The van der Waals surface area contributed by atoms with Gasteiger partial charge in [0.1, 0.15) is 18.1 Å². The molecule has 0 aliphatic rings. The van der Waals surface area contributed by atoms with Crippen molar-refractivity contribution < 1.29 is 19.0 Å². The summed E-state index contributed by atoms with van der Waals surface area (Å²) >= 11 is 3.43. The largest absolute Gasteiger partial charge is 0.493 e. The van der Waals surface area contributed by atoms with E-state index in [1.807, 2.05) is 36.4 Å². The molecule has 224 valence electrons. The van der Waals surface area contributed by atoms with E-state index < -0.39 is 0 Å². The van der Waals surface area contributed by atoms with Gasteiger partial charge in [0.15, 0.2) is 0 Å². The summed E-state index contributed by atoms with van der Waals surface area (Å²) in [7, 11) is 0. The van der Waals surface area contributed by atoms with Gasteiger partial charge in [-0.15, -0.1) is 0 Å². The van der Waals surface area contributed by atoms with Crippen LogP contribution in [0.2, 0.25) is 0 Å². The Morgan fingerprint density at radius 2 is 1.10 bits per heavy atom. The molecule has 0 saturated heterocycles. The Hall–Kier alpha value is -2.01. The van der Waals surface area contributed by atoms with Crippen LogP contribution in [0.25, 0.3) is 0 Å². The SMILES string of the molecule is CCCCCCCCCCCCCCCCCCOc1cc(OCCCBr)cc(C(=O)OCc2ccccc2)c1. The van der Waals surface area contributed by atoms with E-state index in [4.69, 9.17) is 14.2 Å². The summed E-state index contributed by atoms with van der Waals surface area (Å²) in [4.78, 5) is 12.7. The number of carbonyl (C=O) groups is 1. The van der Waals surface area contributed by atoms with Crippen LogP contribution >= 0.6 is 15.9 Å². The zero-order valence-electron chi connectivity index (χ0n) is 25.0. The Balaban J connectivity index is 1.59. The molecule has 0 aromatic heterocycles. The van der Waals surface area contributed by atoms with Crippen molar-refractivity contribution in [2.24, 2.45) is 0 Å². The fourth-order valence-electron chi connectivity index (χ4n) is 4.75. The molecule has 0 heterocycles. The van der Waals surface area contributed by atoms with Gasteiger partial charge in [0, 0.05) is 11.4 Å². The van der Waals surface area contributed by atoms with Gasteiger partial charge in [-0.3, -0.25) is 0 Å². The summed E-state index contributed by atoms with van der Waals surface area (Å²) in [5.41, 5.74) is 1.41. The maximum atomic E-state index is 12.7. The van der Waals surface area contributed by atoms with E-state index in [1.54, 1.807) is 12.1 Å². The smallest absolute Gasteiger partial charge is 0.338 e. The molecule has 0 fully saturated rings. The number of carbonyl (C=O) groups excluding carboxylic acids is 1. The Morgan fingerprint density at radius 3 is 1.60 bits per heavy atom. The van der Waals surface area contributed by atoms with Gasteiger partial charge in [-0.1, -0.05) is 149 Å². The summed E-state index contributed by atoms with van der Waals surface area (Å²) in [6.07, 6.45) is 22.5. The Kier molecular flexibility index (Phi) is 20.2. The van der Waals surface area contributed by atoms with Crippen molar-refractivity contribution in [2.75, 3.05) is 18.5 Å². The summed E-state index contributed by atoms with van der Waals surface area (Å²) in [5.74, 6) is 0.920. The summed E-state index contributed by atoms with van der Waals surface area (Å²) < 4.78 is 17.4. The summed E-state index contributed by atoms with van der Waals surface area (Å²) in [5, 5.41) is 0.869. The van der Waals surface area contributed by atoms with Crippen LogP contribution in [-0.4, -0.2) is 24.5 Å². The van der Waals surface area contributed by atoms with Crippen LogP contribution in [0.5, 0.6) is 11.5 Å². The minimum absolute atomic E-state index is 0.240. The van der Waals surface area contributed by atoms with Crippen LogP contribution in [-0.2, 0) is 11.3 Å². The van der Waals surface area contributed by atoms with Gasteiger partial charge in [-0.25, -0.2) is 4.79 Å². The van der Waals surface area contributed by atoms with Crippen molar-refractivity contribution >= 4 is 21.9 Å². The lowest BCUT2D eigenvalue weighted by Crippen LogP contribution is -2.07. The highest BCUT2D eigenvalue weighted by molar-refractivity contribution is 9.09. The number of hydrogen-bond acceptors (Lipinski definition) is 4. The number of esters is 1. The standard InChI is InChI=1S/C35H53BrO4/c1-2-3-4-5-6-7-8-9-10-11-12-13-14-15-16-20-25-38-33-27-32(28-34(29-33)39-26-21-24-36)35(37)40-30-31-22-18-17-19-23-31/h17-19,22-23,27-29H,2-16,20-21,24-26,30H2,1H3. The molecule has 0 aliphatic carbocycles. The van der Waals surface area contributed by atoms with Gasteiger partial charge >= 0.3 is 5.97 Å². The lowest BCUT2D eigenvalue weighted by Gasteiger charge is -2.12. The van der Waals surface area contributed by atoms with E-state index in [2.05, 4.69) is 22.9 Å². The highest BCUT2D eigenvalue weighted by Crippen LogP contribution is 2.25. The number of alkyl halides is 1.